The van der Waals surface area contributed by atoms with E-state index < -0.39 is 0 Å². The molecule has 108 valence electrons. The van der Waals surface area contributed by atoms with E-state index in [2.05, 4.69) is 25.8 Å². The molecule has 0 aromatic heterocycles. The van der Waals surface area contributed by atoms with Crippen LogP contribution in [0.25, 0.3) is 22.6 Å². The van der Waals surface area contributed by atoms with E-state index in [-0.39, 0.29) is 0 Å². The molecule has 0 radical (unpaired) electrons. The van der Waals surface area contributed by atoms with Crippen molar-refractivity contribution in [2.24, 2.45) is 10.9 Å². The SMILES string of the molecule is CC(C)CC(C)N=c1ccc2nc3ccccc3oc-2c1. The number of nitrogens with zero attached hydrogens (tertiary/aromatic N) is 2. The van der Waals surface area contributed by atoms with Crippen LogP contribution < -0.4 is 5.36 Å². The minimum atomic E-state index is 0.316. The zero-order valence-electron chi connectivity index (χ0n) is 12.7. The van der Waals surface area contributed by atoms with Crippen LogP contribution in [0.1, 0.15) is 27.2 Å². The molecule has 3 rings (SSSR count). The van der Waals surface area contributed by atoms with Gasteiger partial charge in [-0.05, 0) is 43.5 Å². The monoisotopic (exact) mass is 280 g/mol. The number of hydrogen-bond donors (Lipinski definition) is 0. The van der Waals surface area contributed by atoms with Crippen LogP contribution in [0.5, 0.6) is 0 Å². The highest BCUT2D eigenvalue weighted by Gasteiger charge is 2.08. The second kappa shape index (κ2) is 5.68. The molecule has 1 aliphatic heterocycles. The van der Waals surface area contributed by atoms with Crippen molar-refractivity contribution >= 4 is 11.1 Å². The van der Waals surface area contributed by atoms with Gasteiger partial charge in [0.15, 0.2) is 11.3 Å². The summed E-state index contributed by atoms with van der Waals surface area (Å²) in [5.74, 6) is 1.44. The third-order valence-corrected chi connectivity index (χ3v) is 3.45. The molecule has 1 aliphatic carbocycles. The van der Waals surface area contributed by atoms with Gasteiger partial charge in [-0.25, -0.2) is 4.98 Å². The summed E-state index contributed by atoms with van der Waals surface area (Å²) in [7, 11) is 0. The second-order valence-corrected chi connectivity index (χ2v) is 5.94. The van der Waals surface area contributed by atoms with Gasteiger partial charge < -0.3 is 4.42 Å². The minimum absolute atomic E-state index is 0.316. The fourth-order valence-corrected chi connectivity index (χ4v) is 2.63. The van der Waals surface area contributed by atoms with Crippen molar-refractivity contribution in [3.8, 4) is 11.5 Å². The summed E-state index contributed by atoms with van der Waals surface area (Å²) < 4.78 is 5.93. The van der Waals surface area contributed by atoms with E-state index in [1.165, 1.54) is 0 Å². The molecule has 0 bridgehead atoms. The van der Waals surface area contributed by atoms with Crippen molar-refractivity contribution in [2.75, 3.05) is 0 Å². The summed E-state index contributed by atoms with van der Waals surface area (Å²) >= 11 is 0. The molecular weight excluding hydrogens is 260 g/mol. The van der Waals surface area contributed by atoms with Gasteiger partial charge in [0.25, 0.3) is 0 Å². The Morgan fingerprint density at radius 2 is 1.90 bits per heavy atom. The highest BCUT2D eigenvalue weighted by molar-refractivity contribution is 5.75. The molecule has 21 heavy (non-hydrogen) atoms. The largest absolute Gasteiger partial charge is 0.453 e. The number of fused-ring (bicyclic) bond motifs is 2. The van der Waals surface area contributed by atoms with Gasteiger partial charge in [0, 0.05) is 12.1 Å². The number of para-hydroxylation sites is 2. The first kappa shape index (κ1) is 13.8. The minimum Gasteiger partial charge on any atom is -0.453 e. The molecule has 3 nitrogen and oxygen atoms in total. The predicted octanol–water partition coefficient (Wildman–Crippen LogP) is 4.27. The van der Waals surface area contributed by atoms with Crippen molar-refractivity contribution in [1.29, 1.82) is 0 Å². The highest BCUT2D eigenvalue weighted by Crippen LogP contribution is 2.22. The number of benzene rings is 2. The number of hydrogen-bond acceptors (Lipinski definition) is 3. The molecule has 0 N–H and O–H groups in total. The standard InChI is InChI=1S/C18H20N2O/c1-12(2)10-13(3)19-14-8-9-16-18(11-14)21-17-7-5-4-6-15(17)20-16/h4-9,11-13H,10H2,1-3H3. The first-order chi connectivity index (χ1) is 10.1. The predicted molar refractivity (Wildman–Crippen MR) is 85.1 cm³/mol. The van der Waals surface area contributed by atoms with Gasteiger partial charge in [-0.1, -0.05) is 26.0 Å². The van der Waals surface area contributed by atoms with E-state index >= 15 is 0 Å². The normalized spacial score (nSPS) is 14.2. The molecular formula is C18H20N2O. The molecule has 1 atom stereocenters. The van der Waals surface area contributed by atoms with Crippen molar-refractivity contribution in [1.82, 2.24) is 4.98 Å². The van der Waals surface area contributed by atoms with E-state index in [9.17, 15) is 0 Å². The van der Waals surface area contributed by atoms with Crippen LogP contribution in [0.15, 0.2) is 51.9 Å². The first-order valence-electron chi connectivity index (χ1n) is 7.45. The van der Waals surface area contributed by atoms with Crippen molar-refractivity contribution in [3.63, 3.8) is 0 Å². The van der Waals surface area contributed by atoms with Crippen LogP contribution in [-0.2, 0) is 0 Å². The van der Waals surface area contributed by atoms with Crippen molar-refractivity contribution < 1.29 is 4.42 Å². The van der Waals surface area contributed by atoms with Crippen LogP contribution in [0.3, 0.4) is 0 Å². The summed E-state index contributed by atoms with van der Waals surface area (Å²) in [6.45, 7) is 6.59. The quantitative estimate of drug-likeness (QED) is 0.672. The molecule has 1 heterocycles. The average molecular weight is 280 g/mol. The summed E-state index contributed by atoms with van der Waals surface area (Å²) in [5.41, 5.74) is 2.55. The van der Waals surface area contributed by atoms with Crippen LogP contribution in [-0.4, -0.2) is 11.0 Å². The molecule has 2 aliphatic rings. The number of aromatic nitrogens is 1. The Hall–Kier alpha value is -2.16. The molecule has 0 spiro atoms. The van der Waals surface area contributed by atoms with E-state index in [1.54, 1.807) is 0 Å². The van der Waals surface area contributed by atoms with Gasteiger partial charge in [-0.15, -0.1) is 0 Å². The fourth-order valence-electron chi connectivity index (χ4n) is 2.63. The van der Waals surface area contributed by atoms with Gasteiger partial charge in [0.1, 0.15) is 11.2 Å². The lowest BCUT2D eigenvalue weighted by molar-refractivity contribution is 0.515. The summed E-state index contributed by atoms with van der Waals surface area (Å²) in [4.78, 5) is 9.35. The van der Waals surface area contributed by atoms with Crippen LogP contribution >= 0.6 is 0 Å². The van der Waals surface area contributed by atoms with Crippen LogP contribution in [0.4, 0.5) is 0 Å². The van der Waals surface area contributed by atoms with Gasteiger partial charge in [-0.2, -0.15) is 0 Å². The Bertz CT molecular complexity index is 789. The second-order valence-electron chi connectivity index (χ2n) is 5.94. The molecule has 0 saturated carbocycles. The molecule has 0 fully saturated rings. The maximum absolute atomic E-state index is 5.93. The summed E-state index contributed by atoms with van der Waals surface area (Å²) in [5, 5.41) is 0.955. The zero-order chi connectivity index (χ0) is 14.8. The molecule has 3 heteroatoms. The molecule has 1 aromatic carbocycles. The maximum atomic E-state index is 5.93. The Morgan fingerprint density at radius 3 is 2.71 bits per heavy atom. The van der Waals surface area contributed by atoms with Crippen LogP contribution in [0.2, 0.25) is 0 Å². The van der Waals surface area contributed by atoms with E-state index in [1.807, 2.05) is 42.5 Å². The molecule has 1 aromatic rings. The Morgan fingerprint density at radius 1 is 1.10 bits per heavy atom. The summed E-state index contributed by atoms with van der Waals surface area (Å²) in [6.07, 6.45) is 1.09. The van der Waals surface area contributed by atoms with E-state index in [0.717, 1.165) is 34.3 Å². The fraction of sp³-hybridized carbons (Fsp3) is 0.333. The van der Waals surface area contributed by atoms with Gasteiger partial charge >= 0.3 is 0 Å². The van der Waals surface area contributed by atoms with E-state index in [0.29, 0.717) is 12.0 Å². The lowest BCUT2D eigenvalue weighted by Gasteiger charge is -2.09. The molecule has 0 saturated heterocycles. The number of rotatable bonds is 3. The highest BCUT2D eigenvalue weighted by atomic mass is 16.3. The van der Waals surface area contributed by atoms with Gasteiger partial charge in [0.05, 0.1) is 5.36 Å². The van der Waals surface area contributed by atoms with E-state index in [4.69, 9.17) is 9.41 Å². The molecule has 1 unspecified atom stereocenters. The van der Waals surface area contributed by atoms with Gasteiger partial charge in [0.2, 0.25) is 0 Å². The van der Waals surface area contributed by atoms with Crippen molar-refractivity contribution in [2.45, 2.75) is 33.2 Å². The Balaban J connectivity index is 2.05. The first-order valence-corrected chi connectivity index (χ1v) is 7.45. The topological polar surface area (TPSA) is 38.4 Å². The average Bonchev–Trinajstić information content (AvgIpc) is 2.44. The third kappa shape index (κ3) is 3.13. The molecule has 0 amide bonds. The van der Waals surface area contributed by atoms with Gasteiger partial charge in [-0.3, -0.25) is 4.99 Å². The smallest absolute Gasteiger partial charge is 0.155 e. The van der Waals surface area contributed by atoms with Crippen LogP contribution in [0, 0.1) is 5.92 Å². The van der Waals surface area contributed by atoms with Crippen molar-refractivity contribution in [3.05, 3.63) is 47.8 Å². The third-order valence-electron chi connectivity index (χ3n) is 3.45. The Labute approximate surface area is 124 Å². The lowest BCUT2D eigenvalue weighted by atomic mass is 10.1. The maximum Gasteiger partial charge on any atom is 0.155 e. The Kier molecular flexibility index (Phi) is 3.74. The zero-order valence-corrected chi connectivity index (χ0v) is 12.7. The summed E-state index contributed by atoms with van der Waals surface area (Å²) in [6, 6.07) is 14.1. The lowest BCUT2D eigenvalue weighted by Crippen LogP contribution is -2.11.